The second-order valence-electron chi connectivity index (χ2n) is 7.08. The molecule has 2 aliphatic carbocycles. The van der Waals surface area contributed by atoms with E-state index in [4.69, 9.17) is 5.73 Å². The smallest absolute Gasteiger partial charge is 0.0252 e. The van der Waals surface area contributed by atoms with Crippen LogP contribution in [0, 0.1) is 11.3 Å². The number of nitrogens with zero attached hydrogens (tertiary/aromatic N) is 1. The zero-order chi connectivity index (χ0) is 12.5. The van der Waals surface area contributed by atoms with E-state index in [2.05, 4.69) is 25.7 Å². The van der Waals surface area contributed by atoms with Gasteiger partial charge in [-0.25, -0.2) is 0 Å². The Balaban J connectivity index is 1.98. The van der Waals surface area contributed by atoms with Crippen LogP contribution in [-0.2, 0) is 0 Å². The van der Waals surface area contributed by atoms with Gasteiger partial charge in [0, 0.05) is 18.6 Å². The van der Waals surface area contributed by atoms with Crippen molar-refractivity contribution in [3.8, 4) is 0 Å². The molecule has 0 aromatic rings. The predicted molar refractivity (Wildman–Crippen MR) is 74.0 cm³/mol. The lowest BCUT2D eigenvalue weighted by atomic mass is 9.72. The molecule has 0 aliphatic heterocycles. The fourth-order valence-corrected chi connectivity index (χ4v) is 3.28. The fourth-order valence-electron chi connectivity index (χ4n) is 3.28. The number of rotatable bonds is 5. The normalized spacial score (nSPS) is 33.0. The van der Waals surface area contributed by atoms with Crippen molar-refractivity contribution >= 4 is 0 Å². The van der Waals surface area contributed by atoms with Crippen LogP contribution in [0.2, 0.25) is 0 Å². The minimum absolute atomic E-state index is 0.410. The Morgan fingerprint density at radius 2 is 1.94 bits per heavy atom. The third kappa shape index (κ3) is 3.69. The molecule has 0 spiro atoms. The van der Waals surface area contributed by atoms with Crippen molar-refractivity contribution in [2.24, 2.45) is 17.1 Å². The van der Waals surface area contributed by atoms with Crippen molar-refractivity contribution in [3.63, 3.8) is 0 Å². The van der Waals surface area contributed by atoms with Crippen molar-refractivity contribution in [3.05, 3.63) is 0 Å². The predicted octanol–water partition coefficient (Wildman–Crippen LogP) is 3.01. The van der Waals surface area contributed by atoms with Gasteiger partial charge in [-0.15, -0.1) is 0 Å². The Morgan fingerprint density at radius 3 is 2.53 bits per heavy atom. The van der Waals surface area contributed by atoms with Gasteiger partial charge in [0.25, 0.3) is 0 Å². The van der Waals surface area contributed by atoms with Crippen LogP contribution in [0.25, 0.3) is 0 Å². The summed E-state index contributed by atoms with van der Waals surface area (Å²) in [6.07, 6.45) is 7.96. The van der Waals surface area contributed by atoms with Gasteiger partial charge in [0.1, 0.15) is 0 Å². The molecule has 2 nitrogen and oxygen atoms in total. The van der Waals surface area contributed by atoms with Crippen LogP contribution in [-0.4, -0.2) is 30.1 Å². The maximum atomic E-state index is 6.39. The molecule has 0 aromatic carbocycles. The minimum atomic E-state index is 0.410. The molecule has 100 valence electrons. The molecule has 2 saturated carbocycles. The van der Waals surface area contributed by atoms with Crippen molar-refractivity contribution in [1.29, 1.82) is 0 Å². The summed E-state index contributed by atoms with van der Waals surface area (Å²) in [7, 11) is 0. The molecule has 0 bridgehead atoms. The van der Waals surface area contributed by atoms with Crippen LogP contribution in [0.15, 0.2) is 0 Å². The Kier molecular flexibility index (Phi) is 4.14. The van der Waals surface area contributed by atoms with E-state index in [9.17, 15) is 0 Å². The van der Waals surface area contributed by atoms with Gasteiger partial charge >= 0.3 is 0 Å². The highest BCUT2D eigenvalue weighted by Crippen LogP contribution is 2.38. The zero-order valence-corrected chi connectivity index (χ0v) is 11.9. The van der Waals surface area contributed by atoms with Crippen LogP contribution >= 0.6 is 0 Å². The largest absolute Gasteiger partial charge is 0.326 e. The molecule has 2 rings (SSSR count). The summed E-state index contributed by atoms with van der Waals surface area (Å²) >= 11 is 0. The molecule has 0 heterocycles. The van der Waals surface area contributed by atoms with Gasteiger partial charge in [-0.2, -0.15) is 0 Å². The Labute approximate surface area is 107 Å². The zero-order valence-electron chi connectivity index (χ0n) is 11.9. The van der Waals surface area contributed by atoms with E-state index in [1.54, 1.807) is 0 Å². The van der Waals surface area contributed by atoms with Crippen molar-refractivity contribution in [1.82, 2.24) is 4.90 Å². The molecule has 0 amide bonds. The van der Waals surface area contributed by atoms with Crippen LogP contribution in [0.3, 0.4) is 0 Å². The van der Waals surface area contributed by atoms with E-state index < -0.39 is 0 Å². The van der Waals surface area contributed by atoms with Gasteiger partial charge in [-0.05, 0) is 56.4 Å². The van der Waals surface area contributed by atoms with Crippen molar-refractivity contribution in [2.45, 2.75) is 71.4 Å². The molecule has 17 heavy (non-hydrogen) atoms. The van der Waals surface area contributed by atoms with Gasteiger partial charge in [0.2, 0.25) is 0 Å². The lowest BCUT2D eigenvalue weighted by Crippen LogP contribution is -2.53. The van der Waals surface area contributed by atoms with E-state index in [0.717, 1.165) is 5.92 Å². The van der Waals surface area contributed by atoms with Gasteiger partial charge < -0.3 is 5.73 Å². The number of nitrogens with two attached hydrogens (primary N) is 1. The first kappa shape index (κ1) is 13.4. The van der Waals surface area contributed by atoms with Crippen molar-refractivity contribution < 1.29 is 0 Å². The molecule has 0 saturated heterocycles. The topological polar surface area (TPSA) is 29.3 Å². The van der Waals surface area contributed by atoms with Gasteiger partial charge in [0.05, 0.1) is 0 Å². The standard InChI is InChI=1S/C15H30N2/c1-4-9-17(11-12-5-6-12)14-10-15(2,3)8-7-13(14)16/h12-14H,4-11,16H2,1-3H3. The maximum absolute atomic E-state index is 6.39. The monoisotopic (exact) mass is 238 g/mol. The maximum Gasteiger partial charge on any atom is 0.0252 e. The first-order valence-electron chi connectivity index (χ1n) is 7.51. The summed E-state index contributed by atoms with van der Waals surface area (Å²) in [5.41, 5.74) is 6.88. The molecule has 2 aliphatic rings. The summed E-state index contributed by atoms with van der Waals surface area (Å²) in [6, 6.07) is 1.05. The summed E-state index contributed by atoms with van der Waals surface area (Å²) in [6.45, 7) is 9.66. The first-order chi connectivity index (χ1) is 8.02. The highest BCUT2D eigenvalue weighted by atomic mass is 15.2. The Hall–Kier alpha value is -0.0800. The van der Waals surface area contributed by atoms with Gasteiger partial charge in [0.15, 0.2) is 0 Å². The van der Waals surface area contributed by atoms with Gasteiger partial charge in [-0.1, -0.05) is 20.8 Å². The van der Waals surface area contributed by atoms with Crippen LogP contribution in [0.1, 0.15) is 59.3 Å². The average molecular weight is 238 g/mol. The number of hydrogen-bond acceptors (Lipinski definition) is 2. The third-order valence-corrected chi connectivity index (χ3v) is 4.58. The molecule has 2 atom stereocenters. The lowest BCUT2D eigenvalue weighted by molar-refractivity contribution is 0.0741. The molecule has 0 aromatic heterocycles. The summed E-state index contributed by atoms with van der Waals surface area (Å²) in [4.78, 5) is 2.71. The average Bonchev–Trinajstić information content (AvgIpc) is 3.05. The van der Waals surface area contributed by atoms with Crippen molar-refractivity contribution in [2.75, 3.05) is 13.1 Å². The molecule has 2 unspecified atom stereocenters. The molecule has 0 radical (unpaired) electrons. The fraction of sp³-hybridized carbons (Fsp3) is 1.00. The van der Waals surface area contributed by atoms with Crippen LogP contribution < -0.4 is 5.73 Å². The molecular formula is C15H30N2. The minimum Gasteiger partial charge on any atom is -0.326 e. The quantitative estimate of drug-likeness (QED) is 0.798. The van der Waals surface area contributed by atoms with E-state index in [1.165, 1.54) is 51.6 Å². The van der Waals surface area contributed by atoms with E-state index in [1.807, 2.05) is 0 Å². The highest BCUT2D eigenvalue weighted by Gasteiger charge is 2.37. The van der Waals surface area contributed by atoms with Crippen LogP contribution in [0.5, 0.6) is 0 Å². The van der Waals surface area contributed by atoms with E-state index in [-0.39, 0.29) is 0 Å². The molecular weight excluding hydrogens is 208 g/mol. The molecule has 2 N–H and O–H groups in total. The first-order valence-corrected chi connectivity index (χ1v) is 7.51. The third-order valence-electron chi connectivity index (χ3n) is 4.58. The Bertz CT molecular complexity index is 245. The second kappa shape index (κ2) is 5.27. The number of hydrogen-bond donors (Lipinski definition) is 1. The van der Waals surface area contributed by atoms with Gasteiger partial charge in [-0.3, -0.25) is 4.90 Å². The van der Waals surface area contributed by atoms with E-state index in [0.29, 0.717) is 17.5 Å². The Morgan fingerprint density at radius 1 is 1.24 bits per heavy atom. The van der Waals surface area contributed by atoms with Crippen LogP contribution in [0.4, 0.5) is 0 Å². The molecule has 2 heteroatoms. The summed E-state index contributed by atoms with van der Waals surface area (Å²) in [5.74, 6) is 0.985. The second-order valence-corrected chi connectivity index (χ2v) is 7.08. The molecule has 2 fully saturated rings. The highest BCUT2D eigenvalue weighted by molar-refractivity contribution is 4.94. The summed E-state index contributed by atoms with van der Waals surface area (Å²) in [5, 5.41) is 0. The van der Waals surface area contributed by atoms with E-state index >= 15 is 0 Å². The summed E-state index contributed by atoms with van der Waals surface area (Å²) < 4.78 is 0. The SMILES string of the molecule is CCCN(CC1CC1)C1CC(C)(C)CCC1N. The lowest BCUT2D eigenvalue weighted by Gasteiger charge is -2.45.